The van der Waals surface area contributed by atoms with Gasteiger partial charge in [-0.3, -0.25) is 0 Å². The molecule has 0 nitrogen and oxygen atoms in total. The fraction of sp³-hybridized carbons (Fsp3) is 0.125. The molecule has 2 aromatic rings. The van der Waals surface area contributed by atoms with Gasteiger partial charge in [0.25, 0.3) is 0 Å². The highest BCUT2D eigenvalue weighted by Crippen LogP contribution is 2.22. The molecule has 0 bridgehead atoms. The Morgan fingerprint density at radius 1 is 0.737 bits per heavy atom. The molecule has 0 aromatic heterocycles. The first-order valence-corrected chi connectivity index (χ1v) is 10.0. The van der Waals surface area contributed by atoms with Crippen molar-refractivity contribution in [3.63, 3.8) is 0 Å². The maximum atomic E-state index is 6.12. The summed E-state index contributed by atoms with van der Waals surface area (Å²) < 4.78 is 0. The molecule has 0 saturated carbocycles. The zero-order chi connectivity index (χ0) is 13.6. The molecule has 0 radical (unpaired) electrons. The Morgan fingerprint density at radius 2 is 1.16 bits per heavy atom. The molecule has 0 unspecified atom stereocenters. The van der Waals surface area contributed by atoms with Gasteiger partial charge in [-0.2, -0.15) is 0 Å². The third-order valence-electron chi connectivity index (χ3n) is 3.82. The van der Waals surface area contributed by atoms with Crippen LogP contribution in [0.5, 0.6) is 0 Å². The number of hydrogen-bond donors (Lipinski definition) is 0. The molecule has 3 rings (SSSR count). The fourth-order valence-electron chi connectivity index (χ4n) is 2.81. The average Bonchev–Trinajstić information content (AvgIpc) is 2.45. The number of halogens is 2. The van der Waals surface area contributed by atoms with Crippen molar-refractivity contribution in [2.24, 2.45) is 0 Å². The SMILES string of the molecule is C[Si]1(C)c2ccc(Cl)cc2C=Cc2cc(Cl)ccc21. The van der Waals surface area contributed by atoms with Gasteiger partial charge in [-0.15, -0.1) is 0 Å². The summed E-state index contributed by atoms with van der Waals surface area (Å²) in [6.07, 6.45) is 4.30. The van der Waals surface area contributed by atoms with Crippen LogP contribution in [0.4, 0.5) is 0 Å². The van der Waals surface area contributed by atoms with Crippen LogP contribution in [0.3, 0.4) is 0 Å². The lowest BCUT2D eigenvalue weighted by molar-refractivity contribution is 1.65. The topological polar surface area (TPSA) is 0 Å². The molecule has 0 amide bonds. The van der Waals surface area contributed by atoms with Gasteiger partial charge in [-0.25, -0.2) is 0 Å². The molecular weight excluding hydrogens is 291 g/mol. The van der Waals surface area contributed by atoms with Crippen LogP contribution in [0.25, 0.3) is 12.2 Å². The molecule has 0 fully saturated rings. The minimum atomic E-state index is -1.71. The van der Waals surface area contributed by atoms with Crippen molar-refractivity contribution in [1.82, 2.24) is 0 Å². The highest BCUT2D eigenvalue weighted by molar-refractivity contribution is 7.01. The van der Waals surface area contributed by atoms with E-state index >= 15 is 0 Å². The summed E-state index contributed by atoms with van der Waals surface area (Å²) in [7, 11) is -1.71. The lowest BCUT2D eigenvalue weighted by atomic mass is 10.1. The zero-order valence-electron chi connectivity index (χ0n) is 10.9. The van der Waals surface area contributed by atoms with E-state index in [1.54, 1.807) is 0 Å². The largest absolute Gasteiger partial charge is 0.113 e. The van der Waals surface area contributed by atoms with Crippen molar-refractivity contribution < 1.29 is 0 Å². The smallest absolute Gasteiger partial charge is 0.0843 e. The molecule has 1 aliphatic heterocycles. The predicted octanol–water partition coefficient (Wildman–Crippen LogP) is 4.30. The van der Waals surface area contributed by atoms with Crippen molar-refractivity contribution >= 4 is 53.8 Å². The van der Waals surface area contributed by atoms with E-state index in [2.05, 4.69) is 49.5 Å². The zero-order valence-corrected chi connectivity index (χ0v) is 13.4. The summed E-state index contributed by atoms with van der Waals surface area (Å²) in [5.74, 6) is 0. The second kappa shape index (κ2) is 4.52. The summed E-state index contributed by atoms with van der Waals surface area (Å²) in [6, 6.07) is 12.4. The van der Waals surface area contributed by atoms with Gasteiger partial charge in [0, 0.05) is 10.0 Å². The Bertz CT molecular complexity index is 630. The van der Waals surface area contributed by atoms with Crippen molar-refractivity contribution in [2.45, 2.75) is 13.1 Å². The number of fused-ring (bicyclic) bond motifs is 2. The van der Waals surface area contributed by atoms with Crippen LogP contribution in [0, 0.1) is 0 Å². The van der Waals surface area contributed by atoms with E-state index in [-0.39, 0.29) is 0 Å². The monoisotopic (exact) mass is 304 g/mol. The van der Waals surface area contributed by atoms with Crippen LogP contribution in [0.15, 0.2) is 36.4 Å². The van der Waals surface area contributed by atoms with E-state index in [9.17, 15) is 0 Å². The van der Waals surface area contributed by atoms with E-state index in [0.29, 0.717) is 0 Å². The Kier molecular flexibility index (Phi) is 3.09. The third kappa shape index (κ3) is 2.16. The first-order chi connectivity index (χ1) is 8.98. The predicted molar refractivity (Wildman–Crippen MR) is 88.6 cm³/mol. The molecule has 0 spiro atoms. The van der Waals surface area contributed by atoms with Crippen LogP contribution in [-0.2, 0) is 0 Å². The minimum absolute atomic E-state index is 0.789. The van der Waals surface area contributed by atoms with Gasteiger partial charge in [0.2, 0.25) is 0 Å². The number of rotatable bonds is 0. The maximum absolute atomic E-state index is 6.12. The second-order valence-corrected chi connectivity index (χ2v) is 10.6. The average molecular weight is 305 g/mol. The van der Waals surface area contributed by atoms with Crippen LogP contribution in [-0.4, -0.2) is 8.07 Å². The van der Waals surface area contributed by atoms with Gasteiger partial charge < -0.3 is 0 Å². The molecule has 0 saturated heterocycles. The Balaban J connectivity index is 2.31. The molecule has 96 valence electrons. The summed E-state index contributed by atoms with van der Waals surface area (Å²) in [4.78, 5) is 0. The highest BCUT2D eigenvalue weighted by Gasteiger charge is 2.31. The number of hydrogen-bond acceptors (Lipinski definition) is 0. The minimum Gasteiger partial charge on any atom is -0.0843 e. The standard InChI is InChI=1S/C16H14Cl2Si/c1-19(2)15-7-5-13(17)9-11(15)3-4-12-10-14(18)6-8-16(12)19/h3-10H,1-2H3. The summed E-state index contributed by atoms with van der Waals surface area (Å²) >= 11 is 12.2. The Morgan fingerprint density at radius 3 is 1.58 bits per heavy atom. The third-order valence-corrected chi connectivity index (χ3v) is 7.89. The molecule has 1 heterocycles. The molecule has 2 aromatic carbocycles. The lowest BCUT2D eigenvalue weighted by Gasteiger charge is -2.26. The Hall–Kier alpha value is -1.02. The molecule has 1 aliphatic rings. The van der Waals surface area contributed by atoms with Crippen molar-refractivity contribution in [2.75, 3.05) is 0 Å². The molecule has 0 N–H and O–H groups in total. The van der Waals surface area contributed by atoms with Gasteiger partial charge in [0.15, 0.2) is 0 Å². The molecule has 0 aliphatic carbocycles. The van der Waals surface area contributed by atoms with Crippen LogP contribution < -0.4 is 10.4 Å². The van der Waals surface area contributed by atoms with Crippen molar-refractivity contribution in [3.05, 3.63) is 57.6 Å². The number of benzene rings is 2. The molecule has 0 atom stereocenters. The quantitative estimate of drug-likeness (QED) is 0.637. The molecule has 3 heteroatoms. The second-order valence-electron chi connectivity index (χ2n) is 5.42. The maximum Gasteiger partial charge on any atom is 0.113 e. The van der Waals surface area contributed by atoms with Crippen LogP contribution >= 0.6 is 23.2 Å². The molecular formula is C16H14Cl2Si. The fourth-order valence-corrected chi connectivity index (χ4v) is 6.21. The van der Waals surface area contributed by atoms with Gasteiger partial charge >= 0.3 is 0 Å². The molecule has 19 heavy (non-hydrogen) atoms. The van der Waals surface area contributed by atoms with Gasteiger partial charge in [-0.05, 0) is 45.8 Å². The van der Waals surface area contributed by atoms with Crippen LogP contribution in [0.1, 0.15) is 11.1 Å². The van der Waals surface area contributed by atoms with Crippen molar-refractivity contribution in [3.8, 4) is 0 Å². The van der Waals surface area contributed by atoms with E-state index < -0.39 is 8.07 Å². The summed E-state index contributed by atoms with van der Waals surface area (Å²) in [5, 5.41) is 4.43. The van der Waals surface area contributed by atoms with E-state index in [1.165, 1.54) is 21.5 Å². The normalized spacial score (nSPS) is 15.6. The van der Waals surface area contributed by atoms with Gasteiger partial charge in [-0.1, -0.05) is 60.6 Å². The lowest BCUT2D eigenvalue weighted by Crippen LogP contribution is -2.54. The first-order valence-electron chi connectivity index (χ1n) is 6.26. The first kappa shape index (κ1) is 13.0. The van der Waals surface area contributed by atoms with E-state index in [0.717, 1.165) is 10.0 Å². The summed E-state index contributed by atoms with van der Waals surface area (Å²) in [5.41, 5.74) is 2.47. The Labute approximate surface area is 124 Å². The van der Waals surface area contributed by atoms with E-state index in [1.807, 2.05) is 12.1 Å². The van der Waals surface area contributed by atoms with Crippen molar-refractivity contribution in [1.29, 1.82) is 0 Å². The van der Waals surface area contributed by atoms with E-state index in [4.69, 9.17) is 23.2 Å². The van der Waals surface area contributed by atoms with Crippen LogP contribution in [0.2, 0.25) is 23.1 Å². The van der Waals surface area contributed by atoms with Gasteiger partial charge in [0.05, 0.1) is 0 Å². The highest BCUT2D eigenvalue weighted by atomic mass is 35.5. The summed E-state index contributed by atoms with van der Waals surface area (Å²) in [6.45, 7) is 4.75. The van der Waals surface area contributed by atoms with Gasteiger partial charge in [0.1, 0.15) is 8.07 Å².